The van der Waals surface area contributed by atoms with Crippen molar-refractivity contribution in [3.05, 3.63) is 53.1 Å². The van der Waals surface area contributed by atoms with Crippen LogP contribution in [-0.2, 0) is 16.6 Å². The Bertz CT molecular complexity index is 867. The van der Waals surface area contributed by atoms with Crippen molar-refractivity contribution in [3.8, 4) is 0 Å². The van der Waals surface area contributed by atoms with E-state index in [4.69, 9.17) is 17.3 Å². The molecule has 0 saturated carbocycles. The van der Waals surface area contributed by atoms with Crippen LogP contribution in [0, 0.1) is 5.92 Å². The second-order valence-electron chi connectivity index (χ2n) is 6.93. The van der Waals surface area contributed by atoms with Crippen LogP contribution in [0.2, 0.25) is 5.02 Å². The molecule has 7 heteroatoms. The van der Waals surface area contributed by atoms with Crippen LogP contribution in [0.3, 0.4) is 0 Å². The summed E-state index contributed by atoms with van der Waals surface area (Å²) in [6.45, 7) is 4.63. The van der Waals surface area contributed by atoms with Gasteiger partial charge in [0.05, 0.1) is 4.90 Å². The zero-order valence-electron chi connectivity index (χ0n) is 15.6. The number of sulfonamides is 1. The van der Waals surface area contributed by atoms with E-state index in [2.05, 4.69) is 0 Å². The van der Waals surface area contributed by atoms with Crippen molar-refractivity contribution in [1.82, 2.24) is 4.31 Å². The third kappa shape index (κ3) is 4.90. The molecule has 0 fully saturated rings. The molecule has 0 radical (unpaired) electrons. The first-order chi connectivity index (χ1) is 12.1. The Labute approximate surface area is 161 Å². The fourth-order valence-electron chi connectivity index (χ4n) is 2.79. The number of nitrogen functional groups attached to an aromatic ring is 1. The first-order valence-electron chi connectivity index (χ1n) is 8.42. The van der Waals surface area contributed by atoms with Gasteiger partial charge in [-0.1, -0.05) is 31.5 Å². The lowest BCUT2D eigenvalue weighted by Gasteiger charge is -2.27. The minimum atomic E-state index is -3.68. The molecule has 2 aromatic rings. The molecule has 0 aliphatic carbocycles. The number of hydrogen-bond acceptors (Lipinski definition) is 4. The Morgan fingerprint density at radius 1 is 1.12 bits per heavy atom. The molecule has 0 saturated heterocycles. The second kappa shape index (κ2) is 8.29. The van der Waals surface area contributed by atoms with Gasteiger partial charge in [0, 0.05) is 43.6 Å². The molecular weight excluding hydrogens is 370 g/mol. The van der Waals surface area contributed by atoms with E-state index in [-0.39, 0.29) is 17.4 Å². The van der Waals surface area contributed by atoms with E-state index in [1.165, 1.54) is 10.4 Å². The van der Waals surface area contributed by atoms with Gasteiger partial charge in [0.2, 0.25) is 10.0 Å². The number of benzene rings is 2. The molecule has 26 heavy (non-hydrogen) atoms. The zero-order valence-corrected chi connectivity index (χ0v) is 17.2. The van der Waals surface area contributed by atoms with E-state index in [9.17, 15) is 8.42 Å². The van der Waals surface area contributed by atoms with Crippen LogP contribution in [0.4, 0.5) is 11.4 Å². The van der Waals surface area contributed by atoms with Gasteiger partial charge in [-0.25, -0.2) is 8.42 Å². The molecule has 0 aliphatic rings. The molecule has 0 aliphatic heterocycles. The maximum absolute atomic E-state index is 13.2. The van der Waals surface area contributed by atoms with Crippen LogP contribution in [0.15, 0.2) is 47.4 Å². The Balaban J connectivity index is 2.48. The lowest BCUT2D eigenvalue weighted by Crippen LogP contribution is -2.34. The van der Waals surface area contributed by atoms with E-state index in [1.807, 2.05) is 51.0 Å². The van der Waals surface area contributed by atoms with Crippen LogP contribution in [0.25, 0.3) is 0 Å². The fraction of sp³-hybridized carbons (Fsp3) is 0.368. The first kappa shape index (κ1) is 20.6. The van der Waals surface area contributed by atoms with Gasteiger partial charge in [0.1, 0.15) is 0 Å². The molecule has 0 spiro atoms. The summed E-state index contributed by atoms with van der Waals surface area (Å²) in [6.07, 6.45) is 0. The van der Waals surface area contributed by atoms with Gasteiger partial charge in [0.25, 0.3) is 0 Å². The Morgan fingerprint density at radius 2 is 1.81 bits per heavy atom. The molecule has 5 nitrogen and oxygen atoms in total. The summed E-state index contributed by atoms with van der Waals surface area (Å²) in [5.74, 6) is 0.174. The molecule has 2 rings (SSSR count). The van der Waals surface area contributed by atoms with Gasteiger partial charge in [-0.05, 0) is 47.9 Å². The molecule has 0 bridgehead atoms. The Morgan fingerprint density at radius 3 is 2.38 bits per heavy atom. The summed E-state index contributed by atoms with van der Waals surface area (Å²) in [5, 5.41) is 0.397. The van der Waals surface area contributed by atoms with Gasteiger partial charge < -0.3 is 10.6 Å². The fourth-order valence-corrected chi connectivity index (χ4v) is 4.67. The number of nitrogens with zero attached hydrogens (tertiary/aromatic N) is 2. The quantitative estimate of drug-likeness (QED) is 0.723. The highest BCUT2D eigenvalue weighted by Gasteiger charge is 2.26. The summed E-state index contributed by atoms with van der Waals surface area (Å²) in [6, 6.07) is 11.9. The summed E-state index contributed by atoms with van der Waals surface area (Å²) < 4.78 is 27.9. The van der Waals surface area contributed by atoms with Crippen LogP contribution < -0.4 is 10.6 Å². The van der Waals surface area contributed by atoms with Crippen LogP contribution in [0.1, 0.15) is 19.4 Å². The number of hydrogen-bond donors (Lipinski definition) is 1. The lowest BCUT2D eigenvalue weighted by molar-refractivity contribution is 0.362. The molecule has 0 aromatic heterocycles. The number of rotatable bonds is 7. The van der Waals surface area contributed by atoms with Crippen molar-refractivity contribution >= 4 is 33.0 Å². The highest BCUT2D eigenvalue weighted by molar-refractivity contribution is 7.89. The van der Waals surface area contributed by atoms with Crippen LogP contribution in [0.5, 0.6) is 0 Å². The van der Waals surface area contributed by atoms with Crippen molar-refractivity contribution in [2.45, 2.75) is 25.3 Å². The molecule has 2 aromatic carbocycles. The molecule has 142 valence electrons. The third-order valence-electron chi connectivity index (χ3n) is 3.93. The third-order valence-corrected chi connectivity index (χ3v) is 5.98. The lowest BCUT2D eigenvalue weighted by atomic mass is 10.1. The number of nitrogens with two attached hydrogens (primary N) is 1. The Hall–Kier alpha value is -1.76. The minimum absolute atomic E-state index is 0.174. The van der Waals surface area contributed by atoms with E-state index in [0.29, 0.717) is 17.3 Å². The number of anilines is 2. The average molecular weight is 396 g/mol. The van der Waals surface area contributed by atoms with Crippen molar-refractivity contribution in [2.24, 2.45) is 5.92 Å². The predicted molar refractivity (Wildman–Crippen MR) is 109 cm³/mol. The standard InChI is InChI=1S/C19H26ClN3O2S/c1-14(2)12-23(26(24,25)18-7-5-6-16(20)11-18)13-15-10-17(21)8-9-19(15)22(3)4/h5-11,14H,12-13,21H2,1-4H3. The van der Waals surface area contributed by atoms with E-state index in [1.54, 1.807) is 18.2 Å². The summed E-state index contributed by atoms with van der Waals surface area (Å²) >= 11 is 6.00. The highest BCUT2D eigenvalue weighted by Crippen LogP contribution is 2.27. The smallest absolute Gasteiger partial charge is 0.243 e. The van der Waals surface area contributed by atoms with Gasteiger partial charge in [-0.15, -0.1) is 0 Å². The maximum Gasteiger partial charge on any atom is 0.243 e. The van der Waals surface area contributed by atoms with E-state index >= 15 is 0 Å². The van der Waals surface area contributed by atoms with Crippen molar-refractivity contribution in [3.63, 3.8) is 0 Å². The second-order valence-corrected chi connectivity index (χ2v) is 9.31. The van der Waals surface area contributed by atoms with Gasteiger partial charge in [-0.3, -0.25) is 0 Å². The number of halogens is 1. The minimum Gasteiger partial charge on any atom is -0.399 e. The molecule has 0 heterocycles. The first-order valence-corrected chi connectivity index (χ1v) is 10.2. The summed E-state index contributed by atoms with van der Waals surface area (Å²) in [4.78, 5) is 2.15. The van der Waals surface area contributed by atoms with Gasteiger partial charge in [-0.2, -0.15) is 4.31 Å². The molecule has 0 atom stereocenters. The average Bonchev–Trinajstić information content (AvgIpc) is 2.53. The maximum atomic E-state index is 13.2. The molecule has 2 N–H and O–H groups in total. The summed E-state index contributed by atoms with van der Waals surface area (Å²) in [5.41, 5.74) is 8.35. The normalized spacial score (nSPS) is 12.0. The van der Waals surface area contributed by atoms with Crippen molar-refractivity contribution in [1.29, 1.82) is 0 Å². The monoisotopic (exact) mass is 395 g/mol. The Kier molecular flexibility index (Phi) is 6.55. The molecule has 0 unspecified atom stereocenters. The van der Waals surface area contributed by atoms with Gasteiger partial charge >= 0.3 is 0 Å². The van der Waals surface area contributed by atoms with Crippen molar-refractivity contribution in [2.75, 3.05) is 31.3 Å². The molecular formula is C19H26ClN3O2S. The van der Waals surface area contributed by atoms with Crippen molar-refractivity contribution < 1.29 is 8.42 Å². The predicted octanol–water partition coefficient (Wildman–Crippen LogP) is 3.84. The van der Waals surface area contributed by atoms with Gasteiger partial charge in [0.15, 0.2) is 0 Å². The van der Waals surface area contributed by atoms with E-state index < -0.39 is 10.0 Å². The SMILES string of the molecule is CC(C)CN(Cc1cc(N)ccc1N(C)C)S(=O)(=O)c1cccc(Cl)c1. The molecule has 0 amide bonds. The summed E-state index contributed by atoms with van der Waals surface area (Å²) in [7, 11) is 0.165. The van der Waals surface area contributed by atoms with Crippen LogP contribution >= 0.6 is 11.6 Å². The van der Waals surface area contributed by atoms with Crippen LogP contribution in [-0.4, -0.2) is 33.4 Å². The highest BCUT2D eigenvalue weighted by atomic mass is 35.5. The zero-order chi connectivity index (χ0) is 19.5. The largest absolute Gasteiger partial charge is 0.399 e. The van der Waals surface area contributed by atoms with E-state index in [0.717, 1.165) is 11.3 Å². The topological polar surface area (TPSA) is 66.6 Å².